The normalized spacial score (nSPS) is 19.9. The van der Waals surface area contributed by atoms with Gasteiger partial charge in [-0.1, -0.05) is 19.3 Å². The van der Waals surface area contributed by atoms with Gasteiger partial charge in [0.2, 0.25) is 0 Å². The fourth-order valence-corrected chi connectivity index (χ4v) is 3.20. The Labute approximate surface area is 151 Å². The van der Waals surface area contributed by atoms with Crippen molar-refractivity contribution in [2.75, 3.05) is 6.61 Å². The van der Waals surface area contributed by atoms with E-state index in [9.17, 15) is 14.7 Å². The van der Waals surface area contributed by atoms with Crippen molar-refractivity contribution in [3.63, 3.8) is 0 Å². The van der Waals surface area contributed by atoms with E-state index in [1.165, 1.54) is 12.2 Å². The molecule has 1 fully saturated rings. The molecule has 1 amide bonds. The predicted octanol–water partition coefficient (Wildman–Crippen LogP) is 3.33. The fraction of sp³-hybridized carbons (Fsp3) is 0.789. The summed E-state index contributed by atoms with van der Waals surface area (Å²) >= 11 is 0. The second-order valence-corrected chi connectivity index (χ2v) is 7.80. The van der Waals surface area contributed by atoms with E-state index >= 15 is 0 Å². The second-order valence-electron chi connectivity index (χ2n) is 7.80. The molecule has 1 rings (SSSR count). The zero-order valence-electron chi connectivity index (χ0n) is 16.1. The lowest BCUT2D eigenvalue weighted by Crippen LogP contribution is -2.59. The highest BCUT2D eigenvalue weighted by atomic mass is 16.6. The molecular formula is C19H33NO5. The lowest BCUT2D eigenvalue weighted by molar-refractivity contribution is -0.137. The SMILES string of the molecule is CCOC(=O)/C=C/[C@H](O)[C@@](C)(NC(=O)OC(C)(C)C)C1CCCCC1. The van der Waals surface area contributed by atoms with E-state index in [-0.39, 0.29) is 12.5 Å². The van der Waals surface area contributed by atoms with Crippen molar-refractivity contribution in [1.29, 1.82) is 0 Å². The fourth-order valence-electron chi connectivity index (χ4n) is 3.20. The quantitative estimate of drug-likeness (QED) is 0.564. The highest BCUT2D eigenvalue weighted by Crippen LogP contribution is 2.35. The molecule has 6 heteroatoms. The zero-order valence-corrected chi connectivity index (χ0v) is 16.1. The molecule has 0 aromatic rings. The van der Waals surface area contributed by atoms with Crippen LogP contribution in [-0.2, 0) is 14.3 Å². The van der Waals surface area contributed by atoms with Crippen molar-refractivity contribution < 1.29 is 24.2 Å². The highest BCUT2D eigenvalue weighted by molar-refractivity contribution is 5.82. The first kappa shape index (κ1) is 21.5. The van der Waals surface area contributed by atoms with Gasteiger partial charge in [0.1, 0.15) is 5.60 Å². The third kappa shape index (κ3) is 7.06. The Morgan fingerprint density at radius 1 is 1.20 bits per heavy atom. The Hall–Kier alpha value is -1.56. The van der Waals surface area contributed by atoms with Crippen molar-refractivity contribution in [3.05, 3.63) is 12.2 Å². The van der Waals surface area contributed by atoms with Gasteiger partial charge in [-0.2, -0.15) is 0 Å². The average molecular weight is 355 g/mol. The van der Waals surface area contributed by atoms with E-state index in [1.807, 2.05) is 6.92 Å². The number of carbonyl (C=O) groups is 2. The van der Waals surface area contributed by atoms with Crippen LogP contribution in [0.3, 0.4) is 0 Å². The number of rotatable bonds is 6. The third-order valence-electron chi connectivity index (χ3n) is 4.54. The minimum absolute atomic E-state index is 0.107. The molecule has 0 spiro atoms. The number of hydrogen-bond acceptors (Lipinski definition) is 5. The van der Waals surface area contributed by atoms with Crippen LogP contribution in [0.25, 0.3) is 0 Å². The van der Waals surface area contributed by atoms with Gasteiger partial charge in [0, 0.05) is 6.08 Å². The summed E-state index contributed by atoms with van der Waals surface area (Å²) in [7, 11) is 0. The molecule has 6 nitrogen and oxygen atoms in total. The minimum Gasteiger partial charge on any atom is -0.463 e. The number of carbonyl (C=O) groups excluding carboxylic acids is 2. The highest BCUT2D eigenvalue weighted by Gasteiger charge is 2.42. The maximum Gasteiger partial charge on any atom is 0.408 e. The van der Waals surface area contributed by atoms with Crippen molar-refractivity contribution in [2.45, 2.75) is 84.0 Å². The van der Waals surface area contributed by atoms with Crippen LogP contribution >= 0.6 is 0 Å². The van der Waals surface area contributed by atoms with E-state index in [4.69, 9.17) is 9.47 Å². The molecule has 0 radical (unpaired) electrons. The standard InChI is InChI=1S/C19H33NO5/c1-6-24-16(22)13-12-15(21)19(5,14-10-8-7-9-11-14)20-17(23)25-18(2,3)4/h12-15,21H,6-11H2,1-5H3,(H,20,23)/b13-12+/t15-,19-/m0/s1. The lowest BCUT2D eigenvalue weighted by Gasteiger charge is -2.43. The summed E-state index contributed by atoms with van der Waals surface area (Å²) in [4.78, 5) is 23.8. The van der Waals surface area contributed by atoms with E-state index < -0.39 is 29.3 Å². The molecule has 0 saturated heterocycles. The van der Waals surface area contributed by atoms with Gasteiger partial charge in [-0.15, -0.1) is 0 Å². The van der Waals surface area contributed by atoms with Crippen molar-refractivity contribution >= 4 is 12.1 Å². The number of ether oxygens (including phenoxy) is 2. The van der Waals surface area contributed by atoms with Gasteiger partial charge in [0.05, 0.1) is 18.2 Å². The van der Waals surface area contributed by atoms with Gasteiger partial charge in [0.25, 0.3) is 0 Å². The van der Waals surface area contributed by atoms with Crippen LogP contribution in [0.5, 0.6) is 0 Å². The Bertz CT molecular complexity index is 477. The van der Waals surface area contributed by atoms with Crippen LogP contribution in [0.2, 0.25) is 0 Å². The van der Waals surface area contributed by atoms with Gasteiger partial charge in [0.15, 0.2) is 0 Å². The maximum absolute atomic E-state index is 12.3. The Kier molecular flexibility index (Phi) is 7.93. The van der Waals surface area contributed by atoms with Crippen molar-refractivity contribution in [2.24, 2.45) is 5.92 Å². The van der Waals surface area contributed by atoms with E-state index in [0.717, 1.165) is 32.1 Å². The van der Waals surface area contributed by atoms with E-state index in [1.54, 1.807) is 27.7 Å². The molecule has 25 heavy (non-hydrogen) atoms. The summed E-state index contributed by atoms with van der Waals surface area (Å²) in [5.41, 5.74) is -1.53. The molecule has 0 aliphatic heterocycles. The first-order valence-electron chi connectivity index (χ1n) is 9.12. The number of amides is 1. The van der Waals surface area contributed by atoms with Crippen LogP contribution in [0.4, 0.5) is 4.79 Å². The maximum atomic E-state index is 12.3. The average Bonchev–Trinajstić information content (AvgIpc) is 2.51. The van der Waals surface area contributed by atoms with Crippen LogP contribution < -0.4 is 5.32 Å². The van der Waals surface area contributed by atoms with Crippen LogP contribution in [-0.4, -0.2) is 41.0 Å². The van der Waals surface area contributed by atoms with Gasteiger partial charge in [-0.05, 0) is 59.5 Å². The zero-order chi connectivity index (χ0) is 19.1. The number of hydrogen-bond donors (Lipinski definition) is 2. The number of esters is 1. The smallest absolute Gasteiger partial charge is 0.408 e. The number of aliphatic hydroxyl groups is 1. The Morgan fingerprint density at radius 3 is 2.32 bits per heavy atom. The molecule has 1 aliphatic rings. The molecule has 0 bridgehead atoms. The minimum atomic E-state index is -1.02. The molecule has 1 aliphatic carbocycles. The molecule has 144 valence electrons. The molecule has 0 aromatic heterocycles. The Morgan fingerprint density at radius 2 is 1.80 bits per heavy atom. The van der Waals surface area contributed by atoms with E-state index in [2.05, 4.69) is 5.32 Å². The second kappa shape index (κ2) is 9.22. The Balaban J connectivity index is 2.93. The van der Waals surface area contributed by atoms with Crippen LogP contribution in [0.1, 0.15) is 66.7 Å². The largest absolute Gasteiger partial charge is 0.463 e. The van der Waals surface area contributed by atoms with E-state index in [0.29, 0.717) is 0 Å². The topological polar surface area (TPSA) is 84.9 Å². The number of nitrogens with one attached hydrogen (secondary N) is 1. The summed E-state index contributed by atoms with van der Waals surface area (Å²) in [6.07, 6.45) is 6.13. The summed E-state index contributed by atoms with van der Waals surface area (Å²) in [5, 5.41) is 13.6. The first-order valence-corrected chi connectivity index (χ1v) is 9.12. The van der Waals surface area contributed by atoms with Crippen LogP contribution in [0.15, 0.2) is 12.2 Å². The third-order valence-corrected chi connectivity index (χ3v) is 4.54. The van der Waals surface area contributed by atoms with Gasteiger partial charge >= 0.3 is 12.1 Å². The van der Waals surface area contributed by atoms with Gasteiger partial charge in [-0.3, -0.25) is 0 Å². The first-order chi connectivity index (χ1) is 11.6. The monoisotopic (exact) mass is 355 g/mol. The lowest BCUT2D eigenvalue weighted by atomic mass is 9.72. The molecule has 0 aromatic carbocycles. The van der Waals surface area contributed by atoms with Crippen molar-refractivity contribution in [1.82, 2.24) is 5.32 Å². The molecular weight excluding hydrogens is 322 g/mol. The van der Waals surface area contributed by atoms with Crippen LogP contribution in [0, 0.1) is 5.92 Å². The van der Waals surface area contributed by atoms with Crippen molar-refractivity contribution in [3.8, 4) is 0 Å². The summed E-state index contributed by atoms with van der Waals surface area (Å²) in [6.45, 7) is 9.19. The molecule has 0 heterocycles. The molecule has 1 saturated carbocycles. The summed E-state index contributed by atoms with van der Waals surface area (Å²) in [6, 6.07) is 0. The number of aliphatic hydroxyl groups excluding tert-OH is 1. The summed E-state index contributed by atoms with van der Waals surface area (Å²) < 4.78 is 10.2. The van der Waals surface area contributed by atoms with Gasteiger partial charge in [-0.25, -0.2) is 9.59 Å². The molecule has 2 atom stereocenters. The summed E-state index contributed by atoms with van der Waals surface area (Å²) in [5.74, 6) is -0.402. The molecule has 2 N–H and O–H groups in total. The number of alkyl carbamates (subject to hydrolysis) is 1. The van der Waals surface area contributed by atoms with Gasteiger partial charge < -0.3 is 19.9 Å². The predicted molar refractivity (Wildman–Crippen MR) is 96.1 cm³/mol. The molecule has 0 unspecified atom stereocenters.